The summed E-state index contributed by atoms with van der Waals surface area (Å²) < 4.78 is 0. The SMILES string of the molecule is CCCNC(=O)NC1(C(N)=S)CCCCCC1. The van der Waals surface area contributed by atoms with E-state index in [9.17, 15) is 4.79 Å². The van der Waals surface area contributed by atoms with Crippen molar-refractivity contribution in [2.24, 2.45) is 5.73 Å². The van der Waals surface area contributed by atoms with E-state index in [1.165, 1.54) is 12.8 Å². The standard InChI is InChI=1S/C12H23N3OS/c1-2-9-14-11(16)15-12(10(13)17)7-5-3-4-6-8-12/h2-9H2,1H3,(H2,13,17)(H2,14,15,16). The molecule has 0 bridgehead atoms. The Morgan fingerprint density at radius 3 is 2.35 bits per heavy atom. The molecule has 0 saturated heterocycles. The zero-order valence-electron chi connectivity index (χ0n) is 10.6. The Morgan fingerprint density at radius 2 is 1.88 bits per heavy atom. The van der Waals surface area contributed by atoms with Crippen LogP contribution in [0.5, 0.6) is 0 Å². The van der Waals surface area contributed by atoms with Crippen LogP contribution in [0.25, 0.3) is 0 Å². The van der Waals surface area contributed by atoms with Crippen LogP contribution < -0.4 is 16.4 Å². The first-order chi connectivity index (χ1) is 8.10. The maximum absolute atomic E-state index is 11.8. The van der Waals surface area contributed by atoms with Crippen molar-refractivity contribution in [1.29, 1.82) is 0 Å². The van der Waals surface area contributed by atoms with Crippen molar-refractivity contribution in [1.82, 2.24) is 10.6 Å². The summed E-state index contributed by atoms with van der Waals surface area (Å²) in [4.78, 5) is 12.2. The third kappa shape index (κ3) is 4.15. The summed E-state index contributed by atoms with van der Waals surface area (Å²) in [6, 6.07) is -0.151. The van der Waals surface area contributed by atoms with Crippen LogP contribution in [0, 0.1) is 0 Å². The summed E-state index contributed by atoms with van der Waals surface area (Å²) in [5.41, 5.74) is 5.37. The first kappa shape index (κ1) is 14.2. The van der Waals surface area contributed by atoms with E-state index >= 15 is 0 Å². The second-order valence-corrected chi connectivity index (χ2v) is 5.18. The first-order valence-corrected chi connectivity index (χ1v) is 6.87. The zero-order valence-corrected chi connectivity index (χ0v) is 11.4. The molecule has 0 heterocycles. The lowest BCUT2D eigenvalue weighted by Crippen LogP contribution is -2.58. The van der Waals surface area contributed by atoms with Crippen LogP contribution in [0.3, 0.4) is 0 Å². The highest BCUT2D eigenvalue weighted by Gasteiger charge is 2.35. The molecule has 0 aromatic carbocycles. The van der Waals surface area contributed by atoms with Crippen molar-refractivity contribution in [2.45, 2.75) is 57.4 Å². The lowest BCUT2D eigenvalue weighted by atomic mass is 9.90. The minimum Gasteiger partial charge on any atom is -0.391 e. The van der Waals surface area contributed by atoms with Crippen LogP contribution in [0.1, 0.15) is 51.9 Å². The highest BCUT2D eigenvalue weighted by molar-refractivity contribution is 7.80. The third-order valence-corrected chi connectivity index (χ3v) is 3.71. The number of urea groups is 1. The summed E-state index contributed by atoms with van der Waals surface area (Å²) in [6.07, 6.45) is 7.19. The second-order valence-electron chi connectivity index (χ2n) is 4.74. The van der Waals surface area contributed by atoms with Gasteiger partial charge in [-0.25, -0.2) is 4.79 Å². The summed E-state index contributed by atoms with van der Waals surface area (Å²) in [5.74, 6) is 0. The van der Waals surface area contributed by atoms with E-state index < -0.39 is 5.54 Å². The second kappa shape index (κ2) is 6.79. The number of carbonyl (C=O) groups is 1. The van der Waals surface area contributed by atoms with Crippen LogP contribution in [-0.2, 0) is 0 Å². The Balaban J connectivity index is 2.63. The van der Waals surface area contributed by atoms with E-state index in [0.29, 0.717) is 11.5 Å². The van der Waals surface area contributed by atoms with E-state index in [1.54, 1.807) is 0 Å². The van der Waals surface area contributed by atoms with Gasteiger partial charge in [0.1, 0.15) is 0 Å². The number of rotatable bonds is 4. The highest BCUT2D eigenvalue weighted by atomic mass is 32.1. The monoisotopic (exact) mass is 257 g/mol. The fourth-order valence-corrected chi connectivity index (χ4v) is 2.52. The molecular weight excluding hydrogens is 234 g/mol. The molecule has 0 aromatic heterocycles. The van der Waals surface area contributed by atoms with E-state index in [-0.39, 0.29) is 6.03 Å². The van der Waals surface area contributed by atoms with Gasteiger partial charge in [0.2, 0.25) is 0 Å². The van der Waals surface area contributed by atoms with Gasteiger partial charge in [0.15, 0.2) is 0 Å². The van der Waals surface area contributed by atoms with Crippen LogP contribution in [0.15, 0.2) is 0 Å². The molecule has 17 heavy (non-hydrogen) atoms. The molecule has 1 fully saturated rings. The molecule has 0 unspecified atom stereocenters. The van der Waals surface area contributed by atoms with E-state index in [2.05, 4.69) is 10.6 Å². The van der Waals surface area contributed by atoms with Crippen LogP contribution in [0.2, 0.25) is 0 Å². The van der Waals surface area contributed by atoms with Gasteiger partial charge >= 0.3 is 6.03 Å². The van der Waals surface area contributed by atoms with Gasteiger partial charge in [-0.1, -0.05) is 44.8 Å². The molecule has 0 radical (unpaired) electrons. The molecule has 1 saturated carbocycles. The third-order valence-electron chi connectivity index (χ3n) is 3.32. The average Bonchev–Trinajstić information content (AvgIpc) is 2.53. The fraction of sp³-hybridized carbons (Fsp3) is 0.833. The predicted molar refractivity (Wildman–Crippen MR) is 74.0 cm³/mol. The van der Waals surface area contributed by atoms with Crippen molar-refractivity contribution in [3.8, 4) is 0 Å². The van der Waals surface area contributed by atoms with Crippen LogP contribution >= 0.6 is 12.2 Å². The normalized spacial score (nSPS) is 19.1. The maximum Gasteiger partial charge on any atom is 0.315 e. The number of hydrogen-bond acceptors (Lipinski definition) is 2. The van der Waals surface area contributed by atoms with Gasteiger partial charge in [0, 0.05) is 6.54 Å². The predicted octanol–water partition coefficient (Wildman–Crippen LogP) is 2.07. The van der Waals surface area contributed by atoms with E-state index in [0.717, 1.165) is 32.1 Å². The molecule has 4 nitrogen and oxygen atoms in total. The van der Waals surface area contributed by atoms with Crippen molar-refractivity contribution < 1.29 is 4.79 Å². The summed E-state index contributed by atoms with van der Waals surface area (Å²) >= 11 is 5.15. The van der Waals surface area contributed by atoms with Crippen LogP contribution in [-0.4, -0.2) is 23.1 Å². The minimum absolute atomic E-state index is 0.151. The van der Waals surface area contributed by atoms with Gasteiger partial charge < -0.3 is 16.4 Å². The number of nitrogens with one attached hydrogen (secondary N) is 2. The van der Waals surface area contributed by atoms with Gasteiger partial charge in [-0.2, -0.15) is 0 Å². The van der Waals surface area contributed by atoms with Gasteiger partial charge in [0.05, 0.1) is 10.5 Å². The van der Waals surface area contributed by atoms with Crippen molar-refractivity contribution in [3.05, 3.63) is 0 Å². The van der Waals surface area contributed by atoms with Crippen molar-refractivity contribution >= 4 is 23.2 Å². The maximum atomic E-state index is 11.8. The van der Waals surface area contributed by atoms with Crippen molar-refractivity contribution in [3.63, 3.8) is 0 Å². The molecule has 0 aromatic rings. The Labute approximate surface area is 109 Å². The number of carbonyl (C=O) groups excluding carboxylic acids is 1. The van der Waals surface area contributed by atoms with Crippen molar-refractivity contribution in [2.75, 3.05) is 6.54 Å². The Morgan fingerprint density at radius 1 is 1.29 bits per heavy atom. The summed E-state index contributed by atoms with van der Waals surface area (Å²) in [5, 5.41) is 5.80. The lowest BCUT2D eigenvalue weighted by Gasteiger charge is -2.32. The zero-order chi connectivity index (χ0) is 12.7. The van der Waals surface area contributed by atoms with Crippen LogP contribution in [0.4, 0.5) is 4.79 Å². The lowest BCUT2D eigenvalue weighted by molar-refractivity contribution is 0.230. The topological polar surface area (TPSA) is 67.2 Å². The first-order valence-electron chi connectivity index (χ1n) is 6.46. The van der Waals surface area contributed by atoms with Gasteiger partial charge in [-0.05, 0) is 19.3 Å². The number of hydrogen-bond donors (Lipinski definition) is 3. The molecule has 98 valence electrons. The molecule has 1 aliphatic rings. The van der Waals surface area contributed by atoms with E-state index in [4.69, 9.17) is 18.0 Å². The number of thiocarbonyl (C=S) groups is 1. The molecule has 5 heteroatoms. The smallest absolute Gasteiger partial charge is 0.315 e. The largest absolute Gasteiger partial charge is 0.391 e. The van der Waals surface area contributed by atoms with Gasteiger partial charge in [-0.15, -0.1) is 0 Å². The fourth-order valence-electron chi connectivity index (χ4n) is 2.27. The average molecular weight is 257 g/mol. The van der Waals surface area contributed by atoms with Gasteiger partial charge in [0.25, 0.3) is 0 Å². The Hall–Kier alpha value is -0.840. The molecule has 0 aliphatic heterocycles. The van der Waals surface area contributed by atoms with E-state index in [1.807, 2.05) is 6.92 Å². The summed E-state index contributed by atoms with van der Waals surface area (Å²) in [7, 11) is 0. The number of amides is 2. The summed E-state index contributed by atoms with van der Waals surface area (Å²) in [6.45, 7) is 2.70. The minimum atomic E-state index is -0.469. The molecule has 0 spiro atoms. The molecule has 4 N–H and O–H groups in total. The number of nitrogens with two attached hydrogens (primary N) is 1. The highest BCUT2D eigenvalue weighted by Crippen LogP contribution is 2.27. The molecule has 1 rings (SSSR count). The Kier molecular flexibility index (Phi) is 5.68. The molecule has 0 atom stereocenters. The Bertz CT molecular complexity index is 273. The quantitative estimate of drug-likeness (QED) is 0.533. The molecule has 2 amide bonds. The van der Waals surface area contributed by atoms with Gasteiger partial charge in [-0.3, -0.25) is 0 Å². The molecular formula is C12H23N3OS. The molecule has 1 aliphatic carbocycles.